The average molecular weight is 242 g/mol. The van der Waals surface area contributed by atoms with Crippen LogP contribution in [0.3, 0.4) is 0 Å². The van der Waals surface area contributed by atoms with Crippen molar-refractivity contribution in [2.45, 2.75) is 27.2 Å². The van der Waals surface area contributed by atoms with Gasteiger partial charge in [-0.15, -0.1) is 11.3 Å². The molecular weight excluding hydrogens is 224 g/mol. The van der Waals surface area contributed by atoms with Crippen LogP contribution in [0.25, 0.3) is 0 Å². The van der Waals surface area contributed by atoms with Gasteiger partial charge >= 0.3 is 5.97 Å². The van der Waals surface area contributed by atoms with Crippen molar-refractivity contribution in [3.8, 4) is 0 Å². The topological polar surface area (TPSA) is 53.4 Å². The molecule has 0 aliphatic carbocycles. The maximum absolute atomic E-state index is 10.8. The van der Waals surface area contributed by atoms with Gasteiger partial charge in [-0.25, -0.2) is 9.78 Å². The number of rotatable bonds is 6. The second kappa shape index (κ2) is 5.96. The molecule has 1 aromatic heterocycles. The van der Waals surface area contributed by atoms with E-state index in [4.69, 9.17) is 5.11 Å². The van der Waals surface area contributed by atoms with Crippen molar-refractivity contribution >= 4 is 17.3 Å². The summed E-state index contributed by atoms with van der Waals surface area (Å²) in [6.45, 7) is 9.04. The van der Waals surface area contributed by atoms with Crippen LogP contribution >= 0.6 is 11.3 Å². The quantitative estimate of drug-likeness (QED) is 0.829. The van der Waals surface area contributed by atoms with Crippen LogP contribution in [-0.4, -0.2) is 40.6 Å². The van der Waals surface area contributed by atoms with Crippen LogP contribution in [0.4, 0.5) is 0 Å². The van der Waals surface area contributed by atoms with Crippen LogP contribution in [0.15, 0.2) is 0 Å². The van der Waals surface area contributed by atoms with E-state index in [1.54, 1.807) is 0 Å². The highest BCUT2D eigenvalue weighted by atomic mass is 32.1. The maximum atomic E-state index is 10.8. The van der Waals surface area contributed by atoms with Gasteiger partial charge in [0.1, 0.15) is 0 Å². The van der Waals surface area contributed by atoms with Crippen molar-refractivity contribution < 1.29 is 9.90 Å². The zero-order chi connectivity index (χ0) is 12.1. The molecule has 0 atom stereocenters. The molecule has 1 rings (SSSR count). The number of carboxylic acids is 1. The fourth-order valence-corrected chi connectivity index (χ4v) is 2.46. The third kappa shape index (κ3) is 3.28. The van der Waals surface area contributed by atoms with Crippen LogP contribution < -0.4 is 0 Å². The summed E-state index contributed by atoms with van der Waals surface area (Å²) in [4.78, 5) is 18.1. The van der Waals surface area contributed by atoms with Gasteiger partial charge in [0, 0.05) is 17.8 Å². The molecule has 0 saturated heterocycles. The van der Waals surface area contributed by atoms with Crippen LogP contribution in [0, 0.1) is 6.92 Å². The highest BCUT2D eigenvalue weighted by molar-refractivity contribution is 7.11. The fraction of sp³-hybridized carbons (Fsp3) is 0.636. The van der Waals surface area contributed by atoms with Crippen molar-refractivity contribution in [1.82, 2.24) is 9.88 Å². The first-order valence-corrected chi connectivity index (χ1v) is 6.32. The number of hydrogen-bond donors (Lipinski definition) is 1. The van der Waals surface area contributed by atoms with Gasteiger partial charge in [0.2, 0.25) is 0 Å². The first-order valence-electron chi connectivity index (χ1n) is 5.50. The molecule has 5 heteroatoms. The van der Waals surface area contributed by atoms with Gasteiger partial charge in [-0.1, -0.05) is 13.8 Å². The van der Waals surface area contributed by atoms with E-state index in [-0.39, 0.29) is 5.69 Å². The molecule has 4 nitrogen and oxygen atoms in total. The number of likely N-dealkylation sites (N-methyl/N-ethyl adjacent to an activating group) is 1. The average Bonchev–Trinajstić information content (AvgIpc) is 2.61. The summed E-state index contributed by atoms with van der Waals surface area (Å²) in [7, 11) is 0. The number of aryl methyl sites for hydroxylation is 1. The van der Waals surface area contributed by atoms with Gasteiger partial charge in [-0.2, -0.15) is 0 Å². The van der Waals surface area contributed by atoms with Gasteiger partial charge in [-0.3, -0.25) is 0 Å². The lowest BCUT2D eigenvalue weighted by Gasteiger charge is -2.16. The SMILES string of the molecule is CCN(CC)CCc1nc(C(=O)O)c(C)s1. The van der Waals surface area contributed by atoms with E-state index in [0.29, 0.717) is 0 Å². The minimum atomic E-state index is -0.928. The van der Waals surface area contributed by atoms with E-state index in [9.17, 15) is 4.79 Å². The summed E-state index contributed by atoms with van der Waals surface area (Å²) in [5.74, 6) is -0.928. The summed E-state index contributed by atoms with van der Waals surface area (Å²) in [6.07, 6.45) is 0.834. The molecule has 0 aliphatic heterocycles. The van der Waals surface area contributed by atoms with E-state index in [2.05, 4.69) is 23.7 Å². The van der Waals surface area contributed by atoms with Crippen LogP contribution in [0.5, 0.6) is 0 Å². The molecule has 0 saturated carbocycles. The van der Waals surface area contributed by atoms with Gasteiger partial charge in [0.15, 0.2) is 5.69 Å². The van der Waals surface area contributed by atoms with E-state index in [1.807, 2.05) is 6.92 Å². The largest absolute Gasteiger partial charge is 0.476 e. The molecule has 0 aliphatic rings. The molecule has 1 N–H and O–H groups in total. The van der Waals surface area contributed by atoms with Gasteiger partial charge in [0.05, 0.1) is 5.01 Å². The molecule has 0 radical (unpaired) electrons. The number of carboxylic acid groups (broad SMARTS) is 1. The van der Waals surface area contributed by atoms with Crippen molar-refractivity contribution in [2.75, 3.05) is 19.6 Å². The third-order valence-corrected chi connectivity index (χ3v) is 3.61. The molecule has 1 heterocycles. The zero-order valence-electron chi connectivity index (χ0n) is 9.99. The Balaban J connectivity index is 2.61. The Kier molecular flexibility index (Phi) is 4.89. The number of thiazole rings is 1. The third-order valence-electron chi connectivity index (χ3n) is 2.58. The molecule has 0 bridgehead atoms. The Morgan fingerprint density at radius 2 is 2.06 bits per heavy atom. The number of hydrogen-bond acceptors (Lipinski definition) is 4. The van der Waals surface area contributed by atoms with Crippen molar-refractivity contribution in [2.24, 2.45) is 0 Å². The minimum Gasteiger partial charge on any atom is -0.476 e. The maximum Gasteiger partial charge on any atom is 0.355 e. The summed E-state index contributed by atoms with van der Waals surface area (Å²) < 4.78 is 0. The lowest BCUT2D eigenvalue weighted by Crippen LogP contribution is -2.25. The normalized spacial score (nSPS) is 11.0. The number of aromatic carboxylic acids is 1. The lowest BCUT2D eigenvalue weighted by atomic mass is 10.3. The zero-order valence-corrected chi connectivity index (χ0v) is 10.8. The van der Waals surface area contributed by atoms with Gasteiger partial charge in [0.25, 0.3) is 0 Å². The predicted octanol–water partition coefficient (Wildman–Crippen LogP) is 2.03. The van der Waals surface area contributed by atoms with E-state index < -0.39 is 5.97 Å². The molecule has 1 aromatic rings. The lowest BCUT2D eigenvalue weighted by molar-refractivity contribution is 0.0690. The van der Waals surface area contributed by atoms with Gasteiger partial charge < -0.3 is 10.0 Å². The molecule has 90 valence electrons. The monoisotopic (exact) mass is 242 g/mol. The molecule has 0 unspecified atom stereocenters. The van der Waals surface area contributed by atoms with E-state index >= 15 is 0 Å². The van der Waals surface area contributed by atoms with Crippen LogP contribution in [0.1, 0.15) is 34.2 Å². The van der Waals surface area contributed by atoms with Crippen molar-refractivity contribution in [1.29, 1.82) is 0 Å². The summed E-state index contributed by atoms with van der Waals surface area (Å²) in [5, 5.41) is 9.80. The molecule has 0 fully saturated rings. The Morgan fingerprint density at radius 1 is 1.44 bits per heavy atom. The summed E-state index contributed by atoms with van der Waals surface area (Å²) in [5.41, 5.74) is 0.208. The molecular formula is C11H18N2O2S. The number of aromatic nitrogens is 1. The first-order chi connectivity index (χ1) is 7.58. The predicted molar refractivity (Wildman–Crippen MR) is 65.3 cm³/mol. The Bertz CT molecular complexity index is 359. The first kappa shape index (κ1) is 13.1. The molecule has 0 spiro atoms. The summed E-state index contributed by atoms with van der Waals surface area (Å²) in [6, 6.07) is 0. The van der Waals surface area contributed by atoms with Crippen molar-refractivity contribution in [3.63, 3.8) is 0 Å². The van der Waals surface area contributed by atoms with E-state index in [0.717, 1.165) is 35.9 Å². The standard InChI is InChI=1S/C11H18N2O2S/c1-4-13(5-2)7-6-9-12-10(11(14)15)8(3)16-9/h4-7H2,1-3H3,(H,14,15). The highest BCUT2D eigenvalue weighted by Gasteiger charge is 2.14. The van der Waals surface area contributed by atoms with Crippen molar-refractivity contribution in [3.05, 3.63) is 15.6 Å². The second-order valence-corrected chi connectivity index (χ2v) is 4.88. The number of nitrogens with zero attached hydrogens (tertiary/aromatic N) is 2. The van der Waals surface area contributed by atoms with Crippen LogP contribution in [-0.2, 0) is 6.42 Å². The Labute approximate surface area is 99.9 Å². The molecule has 0 amide bonds. The highest BCUT2D eigenvalue weighted by Crippen LogP contribution is 2.18. The van der Waals surface area contributed by atoms with Crippen LogP contribution in [0.2, 0.25) is 0 Å². The minimum absolute atomic E-state index is 0.208. The van der Waals surface area contributed by atoms with E-state index in [1.165, 1.54) is 11.3 Å². The Hall–Kier alpha value is -0.940. The summed E-state index contributed by atoms with van der Waals surface area (Å²) >= 11 is 1.49. The fourth-order valence-electron chi connectivity index (χ4n) is 1.55. The van der Waals surface area contributed by atoms with Gasteiger partial charge in [-0.05, 0) is 20.0 Å². The number of carbonyl (C=O) groups is 1. The molecule has 0 aromatic carbocycles. The smallest absolute Gasteiger partial charge is 0.355 e. The Morgan fingerprint density at radius 3 is 2.50 bits per heavy atom. The second-order valence-electron chi connectivity index (χ2n) is 3.59. The molecule has 16 heavy (non-hydrogen) atoms.